The first-order valence-corrected chi connectivity index (χ1v) is 3.74. The fourth-order valence-electron chi connectivity index (χ4n) is 0.0833. The van der Waals surface area contributed by atoms with Crippen LogP contribution in [0.3, 0.4) is 0 Å². The second-order valence-corrected chi connectivity index (χ2v) is 2.29. The van der Waals surface area contributed by atoms with Crippen molar-refractivity contribution < 1.29 is 23.1 Å². The first-order chi connectivity index (χ1) is 2.41. The van der Waals surface area contributed by atoms with Crippen molar-refractivity contribution in [3.05, 3.63) is 0 Å². The molecule has 0 fully saturated rings. The molecular weight excluding hydrogens is 197 g/mol. The number of carbonyl (C=O) groups is 1. The number of halogens is 1. The molecule has 0 aliphatic heterocycles. The number of hydrogen-bond donors (Lipinski definition) is 0. The number of rotatable bonds is 2. The monoisotopic (exact) mass is 201 g/mol. The van der Waals surface area contributed by atoms with Crippen molar-refractivity contribution >= 4 is 23.3 Å². The van der Waals surface area contributed by atoms with Crippen molar-refractivity contribution in [3.8, 4) is 0 Å². The van der Waals surface area contributed by atoms with Crippen LogP contribution in [-0.4, -0.2) is 6.29 Å². The summed E-state index contributed by atoms with van der Waals surface area (Å²) in [5.41, 5.74) is 0. The van der Waals surface area contributed by atoms with E-state index in [0.717, 1.165) is 17.7 Å². The van der Waals surface area contributed by atoms with Crippen molar-refractivity contribution in [1.29, 1.82) is 0 Å². The molecule has 0 aromatic rings. The Balaban J connectivity index is 0. The molecule has 0 aromatic carbocycles. The number of aldehydes is 1. The van der Waals surface area contributed by atoms with E-state index in [0.29, 0.717) is 0 Å². The topological polar surface area (TPSA) is 17.1 Å². The van der Waals surface area contributed by atoms with Gasteiger partial charge in [-0.15, -0.1) is 17.0 Å². The van der Waals surface area contributed by atoms with E-state index in [1.54, 1.807) is 0 Å². The Bertz CT molecular complexity index is 32.0. The second kappa shape index (κ2) is 9.24. The van der Waals surface area contributed by atoms with Gasteiger partial charge in [0.2, 0.25) is 0 Å². The Hall–Kier alpha value is 0.773. The van der Waals surface area contributed by atoms with Gasteiger partial charge in [-0.3, -0.25) is 0 Å². The maximum atomic E-state index is 9.42. The summed E-state index contributed by atoms with van der Waals surface area (Å²) in [6, 6.07) is 0. The molecule has 0 aliphatic carbocycles. The van der Waals surface area contributed by atoms with Gasteiger partial charge in [0.25, 0.3) is 0 Å². The van der Waals surface area contributed by atoms with E-state index in [4.69, 9.17) is 0 Å². The zero-order valence-corrected chi connectivity index (χ0v) is 8.20. The summed E-state index contributed by atoms with van der Waals surface area (Å²) in [7, 11) is 0. The van der Waals surface area contributed by atoms with Gasteiger partial charge in [0.05, 0.1) is 0 Å². The number of hydrogen-bond acceptors (Lipinski definition) is 1. The summed E-state index contributed by atoms with van der Waals surface area (Å²) in [6.07, 6.45) is 1.73. The van der Waals surface area contributed by atoms with Crippen LogP contribution in [0.25, 0.3) is 0 Å². The Morgan fingerprint density at radius 3 is 2.17 bits per heavy atom. The van der Waals surface area contributed by atoms with E-state index < -0.39 is 0 Å². The Kier molecular flexibility index (Phi) is 15.3. The first-order valence-electron chi connectivity index (χ1n) is 1.64. The predicted octanol–water partition coefficient (Wildman–Crippen LogP) is 1.12. The van der Waals surface area contributed by atoms with Crippen LogP contribution in [-0.2, 0) is 23.1 Å². The van der Waals surface area contributed by atoms with Crippen LogP contribution in [0.2, 0.25) is 5.02 Å². The Morgan fingerprint density at radius 1 is 1.67 bits per heavy atom. The third-order valence-corrected chi connectivity index (χ3v) is 1.18. The van der Waals surface area contributed by atoms with Crippen LogP contribution in [0.4, 0.5) is 0 Å². The van der Waals surface area contributed by atoms with Crippen molar-refractivity contribution in [2.75, 3.05) is 0 Å². The molecule has 0 heterocycles. The van der Waals surface area contributed by atoms with Crippen molar-refractivity contribution in [1.82, 2.24) is 0 Å². The summed E-state index contributed by atoms with van der Waals surface area (Å²) >= 11 is 1.25. The molecule has 0 unspecified atom stereocenters. The molecule has 0 saturated carbocycles. The van der Waals surface area contributed by atoms with Crippen LogP contribution in [0.15, 0.2) is 0 Å². The fourth-order valence-corrected chi connectivity index (χ4v) is 0.433. The van der Waals surface area contributed by atoms with E-state index in [1.165, 1.54) is 18.3 Å². The minimum absolute atomic E-state index is 0. The molecule has 0 aliphatic rings. The van der Waals surface area contributed by atoms with Crippen molar-refractivity contribution in [3.63, 3.8) is 0 Å². The van der Waals surface area contributed by atoms with Crippen molar-refractivity contribution in [2.24, 2.45) is 0 Å². The van der Waals surface area contributed by atoms with Gasteiger partial charge in [0.1, 0.15) is 0 Å². The maximum absolute atomic E-state index is 9.42. The van der Waals surface area contributed by atoms with E-state index in [1.807, 2.05) is 0 Å². The third-order valence-electron chi connectivity index (χ3n) is 0.322. The van der Waals surface area contributed by atoms with Gasteiger partial charge >= 0.3 is 40.8 Å². The molecule has 0 spiro atoms. The SMILES string of the molecule is Br.O=CC[CH2][Zn]. The molecule has 0 N–H and O–H groups in total. The van der Waals surface area contributed by atoms with Crippen LogP contribution >= 0.6 is 17.0 Å². The van der Waals surface area contributed by atoms with Crippen LogP contribution in [0.5, 0.6) is 0 Å². The van der Waals surface area contributed by atoms with E-state index in [9.17, 15) is 4.79 Å². The number of carbonyl (C=O) groups excluding carboxylic acids is 1. The Morgan fingerprint density at radius 2 is 2.17 bits per heavy atom. The summed E-state index contributed by atoms with van der Waals surface area (Å²) < 4.78 is 0. The van der Waals surface area contributed by atoms with Crippen LogP contribution in [0, 0.1) is 0 Å². The second-order valence-electron chi connectivity index (χ2n) is 0.809. The summed E-state index contributed by atoms with van der Waals surface area (Å²) in [6.45, 7) is 0. The van der Waals surface area contributed by atoms with E-state index in [2.05, 4.69) is 0 Å². The fraction of sp³-hybridized carbons (Fsp3) is 0.667. The molecule has 0 amide bonds. The van der Waals surface area contributed by atoms with E-state index >= 15 is 0 Å². The molecule has 1 nitrogen and oxygen atoms in total. The van der Waals surface area contributed by atoms with Gasteiger partial charge in [0, 0.05) is 0 Å². The van der Waals surface area contributed by atoms with Crippen LogP contribution in [0.1, 0.15) is 6.42 Å². The van der Waals surface area contributed by atoms with Crippen molar-refractivity contribution in [2.45, 2.75) is 11.4 Å². The average Bonchev–Trinajstić information content (AvgIpc) is 1.41. The normalized spacial score (nSPS) is 6.33. The molecule has 0 radical (unpaired) electrons. The minimum atomic E-state index is 0. The molecule has 0 bridgehead atoms. The molecule has 33 valence electrons. The summed E-state index contributed by atoms with van der Waals surface area (Å²) in [5.74, 6) is 0. The molecular formula is C3H6BrOZn. The average molecular weight is 203 g/mol. The zero-order valence-electron chi connectivity index (χ0n) is 3.52. The van der Waals surface area contributed by atoms with E-state index in [-0.39, 0.29) is 17.0 Å². The van der Waals surface area contributed by atoms with Gasteiger partial charge in [-0.1, -0.05) is 0 Å². The molecule has 0 saturated heterocycles. The third kappa shape index (κ3) is 8.84. The van der Waals surface area contributed by atoms with Gasteiger partial charge in [-0.05, 0) is 0 Å². The summed E-state index contributed by atoms with van der Waals surface area (Å²) in [5, 5.41) is 1.10. The molecule has 6 heavy (non-hydrogen) atoms. The van der Waals surface area contributed by atoms with Gasteiger partial charge in [-0.25, -0.2) is 0 Å². The zero-order chi connectivity index (χ0) is 4.12. The van der Waals surface area contributed by atoms with Gasteiger partial charge in [-0.2, -0.15) is 0 Å². The molecule has 0 atom stereocenters. The van der Waals surface area contributed by atoms with Crippen LogP contribution < -0.4 is 0 Å². The Labute approximate surface area is 57.9 Å². The molecule has 0 aromatic heterocycles. The van der Waals surface area contributed by atoms with Gasteiger partial charge in [0.15, 0.2) is 0 Å². The summed E-state index contributed by atoms with van der Waals surface area (Å²) in [4.78, 5) is 9.42. The van der Waals surface area contributed by atoms with Gasteiger partial charge < -0.3 is 0 Å². The molecule has 0 rings (SSSR count). The molecule has 3 heteroatoms. The quantitative estimate of drug-likeness (QED) is 0.485. The standard InChI is InChI=1S/C3H5O.BrH.Zn/c1-2-3-4;;/h3H,1-2H2;1H;. The first kappa shape index (κ1) is 9.91. The predicted molar refractivity (Wildman–Crippen MR) is 25.8 cm³/mol.